The molecule has 1 N–H and O–H groups in total. The van der Waals surface area contributed by atoms with E-state index in [9.17, 15) is 9.18 Å². The Morgan fingerprint density at radius 2 is 1.64 bits per heavy atom. The number of nitrogens with zero attached hydrogens (tertiary/aromatic N) is 3. The van der Waals surface area contributed by atoms with Crippen molar-refractivity contribution in [2.24, 2.45) is 0 Å². The van der Waals surface area contributed by atoms with Gasteiger partial charge in [-0.25, -0.2) is 4.39 Å². The van der Waals surface area contributed by atoms with Gasteiger partial charge in [0.25, 0.3) is 5.91 Å². The van der Waals surface area contributed by atoms with Crippen molar-refractivity contribution in [1.82, 2.24) is 15.1 Å². The normalized spacial score (nSPS) is 16.6. The van der Waals surface area contributed by atoms with E-state index in [1.54, 1.807) is 0 Å². The van der Waals surface area contributed by atoms with E-state index in [0.29, 0.717) is 12.1 Å². The molecule has 1 atom stereocenters. The molecule has 1 aliphatic heterocycles. The highest BCUT2D eigenvalue weighted by atomic mass is 19.1. The van der Waals surface area contributed by atoms with Crippen LogP contribution in [-0.2, 0) is 0 Å². The van der Waals surface area contributed by atoms with Crippen LogP contribution in [0.1, 0.15) is 22.0 Å². The van der Waals surface area contributed by atoms with Crippen molar-refractivity contribution in [2.45, 2.75) is 6.04 Å². The molecule has 2 aromatic rings. The zero-order valence-electron chi connectivity index (χ0n) is 16.9. The summed E-state index contributed by atoms with van der Waals surface area (Å²) in [6, 6.07) is 14.3. The molecular formula is C22H29FN4O. The fourth-order valence-corrected chi connectivity index (χ4v) is 3.48. The monoisotopic (exact) mass is 384 g/mol. The van der Waals surface area contributed by atoms with Crippen LogP contribution < -0.4 is 10.2 Å². The van der Waals surface area contributed by atoms with Crippen molar-refractivity contribution in [3.05, 3.63) is 65.5 Å². The summed E-state index contributed by atoms with van der Waals surface area (Å²) in [5.74, 6) is -0.517. The second kappa shape index (κ2) is 9.17. The highest BCUT2D eigenvalue weighted by Crippen LogP contribution is 2.24. The Balaban J connectivity index is 1.74. The lowest BCUT2D eigenvalue weighted by Crippen LogP contribution is -2.48. The average Bonchev–Trinajstić information content (AvgIpc) is 2.70. The number of likely N-dealkylation sites (N-methyl/N-ethyl adjacent to an activating group) is 1. The lowest BCUT2D eigenvalue weighted by Gasteiger charge is -2.38. The number of benzene rings is 2. The van der Waals surface area contributed by atoms with Crippen LogP contribution in [-0.4, -0.2) is 69.6 Å². The quantitative estimate of drug-likeness (QED) is 0.831. The number of anilines is 1. The molecule has 1 saturated heterocycles. The van der Waals surface area contributed by atoms with Crippen LogP contribution in [0.5, 0.6) is 0 Å². The van der Waals surface area contributed by atoms with Gasteiger partial charge in [0.15, 0.2) is 0 Å². The number of amides is 1. The van der Waals surface area contributed by atoms with Gasteiger partial charge in [0.1, 0.15) is 5.82 Å². The predicted molar refractivity (Wildman–Crippen MR) is 111 cm³/mol. The molecule has 0 aromatic heterocycles. The molecule has 0 radical (unpaired) electrons. The van der Waals surface area contributed by atoms with E-state index >= 15 is 0 Å². The third-order valence-corrected chi connectivity index (χ3v) is 5.34. The minimum Gasteiger partial charge on any atom is -0.378 e. The molecule has 0 saturated carbocycles. The third-order valence-electron chi connectivity index (χ3n) is 5.34. The summed E-state index contributed by atoms with van der Waals surface area (Å²) in [6.07, 6.45) is 0. The molecular weight excluding hydrogens is 355 g/mol. The lowest BCUT2D eigenvalue weighted by molar-refractivity contribution is 0.0886. The molecule has 28 heavy (non-hydrogen) atoms. The first-order chi connectivity index (χ1) is 13.4. The van der Waals surface area contributed by atoms with Gasteiger partial charge in [-0.05, 0) is 49.0 Å². The van der Waals surface area contributed by atoms with Gasteiger partial charge in [0.05, 0.1) is 6.04 Å². The van der Waals surface area contributed by atoms with Gasteiger partial charge in [0, 0.05) is 58.1 Å². The van der Waals surface area contributed by atoms with E-state index in [2.05, 4.69) is 51.3 Å². The van der Waals surface area contributed by atoms with E-state index < -0.39 is 0 Å². The third kappa shape index (κ3) is 5.09. The molecule has 0 bridgehead atoms. The summed E-state index contributed by atoms with van der Waals surface area (Å²) in [6.45, 7) is 4.46. The smallest absolute Gasteiger partial charge is 0.251 e. The molecule has 5 nitrogen and oxygen atoms in total. The number of rotatable bonds is 6. The molecule has 1 fully saturated rings. The van der Waals surface area contributed by atoms with Crippen LogP contribution in [0.3, 0.4) is 0 Å². The summed E-state index contributed by atoms with van der Waals surface area (Å²) in [7, 11) is 6.18. The maximum Gasteiger partial charge on any atom is 0.251 e. The second-order valence-electron chi connectivity index (χ2n) is 7.56. The first kappa shape index (κ1) is 20.3. The average molecular weight is 384 g/mol. The van der Waals surface area contributed by atoms with Crippen molar-refractivity contribution in [1.29, 1.82) is 0 Å². The first-order valence-electron chi connectivity index (χ1n) is 9.67. The molecule has 1 aliphatic rings. The van der Waals surface area contributed by atoms with Gasteiger partial charge in [-0.1, -0.05) is 12.1 Å². The summed E-state index contributed by atoms with van der Waals surface area (Å²) >= 11 is 0. The minimum absolute atomic E-state index is 0.106. The Labute approximate surface area is 166 Å². The lowest BCUT2D eigenvalue weighted by atomic mass is 10.0. The molecule has 3 rings (SSSR count). The van der Waals surface area contributed by atoms with E-state index in [1.807, 2.05) is 14.1 Å². The Morgan fingerprint density at radius 3 is 2.21 bits per heavy atom. The Morgan fingerprint density at radius 1 is 1.04 bits per heavy atom. The number of piperazine rings is 1. The van der Waals surface area contributed by atoms with Crippen LogP contribution >= 0.6 is 0 Å². The molecule has 2 aromatic carbocycles. The Kier molecular flexibility index (Phi) is 6.65. The van der Waals surface area contributed by atoms with Crippen LogP contribution in [0.4, 0.5) is 10.1 Å². The van der Waals surface area contributed by atoms with Gasteiger partial charge in [-0.2, -0.15) is 0 Å². The number of carbonyl (C=O) groups is 1. The van der Waals surface area contributed by atoms with Crippen LogP contribution in [0.15, 0.2) is 48.5 Å². The zero-order chi connectivity index (χ0) is 20.1. The van der Waals surface area contributed by atoms with E-state index in [-0.39, 0.29) is 17.8 Å². The van der Waals surface area contributed by atoms with Crippen molar-refractivity contribution in [3.63, 3.8) is 0 Å². The van der Waals surface area contributed by atoms with E-state index in [4.69, 9.17) is 0 Å². The largest absolute Gasteiger partial charge is 0.378 e. The fourth-order valence-electron chi connectivity index (χ4n) is 3.48. The standard InChI is InChI=1S/C22H29FN4O/c1-25(2)20-10-6-17(7-11-20)21(27-14-12-26(3)13-15-27)16-24-22(28)18-4-8-19(23)9-5-18/h4-11,21H,12-16H2,1-3H3,(H,24,28)/t21-/m1/s1. The van der Waals surface area contributed by atoms with Gasteiger partial charge >= 0.3 is 0 Å². The topological polar surface area (TPSA) is 38.8 Å². The summed E-state index contributed by atoms with van der Waals surface area (Å²) in [5, 5.41) is 3.04. The van der Waals surface area contributed by atoms with Crippen LogP contribution in [0.25, 0.3) is 0 Å². The predicted octanol–water partition coefficient (Wildman–Crippen LogP) is 2.61. The van der Waals surface area contributed by atoms with Gasteiger partial charge < -0.3 is 15.1 Å². The summed E-state index contributed by atoms with van der Waals surface area (Å²) in [5.41, 5.74) is 2.81. The molecule has 150 valence electrons. The highest BCUT2D eigenvalue weighted by Gasteiger charge is 2.24. The molecule has 0 spiro atoms. The van der Waals surface area contributed by atoms with Gasteiger partial charge in [-0.15, -0.1) is 0 Å². The van der Waals surface area contributed by atoms with Crippen molar-refractivity contribution >= 4 is 11.6 Å². The molecule has 1 amide bonds. The van der Waals surface area contributed by atoms with E-state index in [1.165, 1.54) is 29.8 Å². The number of hydrogen-bond acceptors (Lipinski definition) is 4. The first-order valence-corrected chi connectivity index (χ1v) is 9.67. The minimum atomic E-state index is -0.340. The molecule has 0 aliphatic carbocycles. The van der Waals surface area contributed by atoms with E-state index in [0.717, 1.165) is 31.9 Å². The van der Waals surface area contributed by atoms with Crippen LogP contribution in [0, 0.1) is 5.82 Å². The Hall–Kier alpha value is -2.44. The summed E-state index contributed by atoms with van der Waals surface area (Å²) < 4.78 is 13.1. The zero-order valence-corrected chi connectivity index (χ0v) is 16.9. The molecule has 1 heterocycles. The van der Waals surface area contributed by atoms with Crippen LogP contribution in [0.2, 0.25) is 0 Å². The fraction of sp³-hybridized carbons (Fsp3) is 0.409. The van der Waals surface area contributed by atoms with Crippen molar-refractivity contribution in [3.8, 4) is 0 Å². The maximum atomic E-state index is 13.1. The molecule has 0 unspecified atom stereocenters. The van der Waals surface area contributed by atoms with Crippen molar-refractivity contribution in [2.75, 3.05) is 58.8 Å². The Bertz CT molecular complexity index is 768. The second-order valence-corrected chi connectivity index (χ2v) is 7.56. The highest BCUT2D eigenvalue weighted by molar-refractivity contribution is 5.94. The number of nitrogens with one attached hydrogen (secondary N) is 1. The summed E-state index contributed by atoms with van der Waals surface area (Å²) in [4.78, 5) is 19.3. The van der Waals surface area contributed by atoms with Crippen molar-refractivity contribution < 1.29 is 9.18 Å². The number of hydrogen-bond donors (Lipinski definition) is 1. The number of halogens is 1. The van der Waals surface area contributed by atoms with Gasteiger partial charge in [-0.3, -0.25) is 9.69 Å². The number of carbonyl (C=O) groups excluding carboxylic acids is 1. The SMILES string of the molecule is CN1CCN([C@H](CNC(=O)c2ccc(F)cc2)c2ccc(N(C)C)cc2)CC1. The van der Waals surface area contributed by atoms with Gasteiger partial charge in [0.2, 0.25) is 0 Å². The molecule has 6 heteroatoms. The maximum absolute atomic E-state index is 13.1.